The summed E-state index contributed by atoms with van der Waals surface area (Å²) < 4.78 is 91.4. The number of hydrogen-bond acceptors (Lipinski definition) is 1. The molecule has 1 heterocycles. The molecule has 4 bridgehead atoms. The van der Waals surface area contributed by atoms with Gasteiger partial charge in [0.1, 0.15) is 0 Å². The van der Waals surface area contributed by atoms with Crippen LogP contribution in [0, 0.1) is 23.7 Å². The highest BCUT2D eigenvalue weighted by Crippen LogP contribution is 2.76. The van der Waals surface area contributed by atoms with E-state index >= 15 is 17.6 Å². The lowest BCUT2D eigenvalue weighted by Crippen LogP contribution is -2.60. The normalized spacial score (nSPS) is 40.8. The summed E-state index contributed by atoms with van der Waals surface area (Å²) >= 11 is 1.29. The molecule has 1 aromatic heterocycles. The zero-order valence-corrected chi connectivity index (χ0v) is 18.5. The third-order valence-electron chi connectivity index (χ3n) is 9.43. The second-order valence-electron chi connectivity index (χ2n) is 10.8. The number of fused-ring (bicyclic) bond motifs is 2. The number of rotatable bonds is 1. The summed E-state index contributed by atoms with van der Waals surface area (Å²) in [5, 5.41) is 1.63. The van der Waals surface area contributed by atoms with Gasteiger partial charge in [-0.05, 0) is 78.3 Å². The molecule has 4 saturated carbocycles. The molecule has 6 aliphatic rings. The lowest BCUT2D eigenvalue weighted by Gasteiger charge is -2.65. The summed E-state index contributed by atoms with van der Waals surface area (Å²) in [6.07, 6.45) is 4.56. The molecule has 33 heavy (non-hydrogen) atoms. The average Bonchev–Trinajstić information content (AvgIpc) is 3.29. The van der Waals surface area contributed by atoms with E-state index in [0.717, 1.165) is 32.1 Å². The van der Waals surface area contributed by atoms with Gasteiger partial charge in [-0.25, -0.2) is 0 Å². The fourth-order valence-corrected chi connectivity index (χ4v) is 9.89. The quantitative estimate of drug-likeness (QED) is 0.364. The predicted octanol–water partition coefficient (Wildman–Crippen LogP) is 7.91. The molecule has 1 atom stereocenters. The van der Waals surface area contributed by atoms with Gasteiger partial charge in [0.2, 0.25) is 0 Å². The fraction of sp³-hybridized carbons (Fsp3) is 0.538. The summed E-state index contributed by atoms with van der Waals surface area (Å²) in [7, 11) is 0. The molecule has 4 fully saturated rings. The molecule has 0 aliphatic heterocycles. The van der Waals surface area contributed by atoms with Gasteiger partial charge in [0.25, 0.3) is 0 Å². The molecule has 0 amide bonds. The van der Waals surface area contributed by atoms with Gasteiger partial charge in [-0.3, -0.25) is 0 Å². The second-order valence-corrected chi connectivity index (χ2v) is 11.7. The van der Waals surface area contributed by atoms with Crippen molar-refractivity contribution < 1.29 is 26.3 Å². The number of hydrogen-bond donors (Lipinski definition) is 0. The minimum Gasteiger partial charge on any atom is -0.194 e. The van der Waals surface area contributed by atoms with Crippen molar-refractivity contribution in [1.82, 2.24) is 0 Å². The van der Waals surface area contributed by atoms with Crippen LogP contribution in [-0.4, -0.2) is 17.8 Å². The minimum absolute atomic E-state index is 0.0315. The van der Waals surface area contributed by atoms with E-state index in [2.05, 4.69) is 0 Å². The third-order valence-corrected chi connectivity index (χ3v) is 10.5. The summed E-state index contributed by atoms with van der Waals surface area (Å²) in [6.45, 7) is 0. The highest BCUT2D eigenvalue weighted by atomic mass is 32.1. The van der Waals surface area contributed by atoms with Crippen molar-refractivity contribution in [3.05, 3.63) is 63.4 Å². The Bertz CT molecular complexity index is 1150. The van der Waals surface area contributed by atoms with Crippen LogP contribution in [0.2, 0.25) is 0 Å². The van der Waals surface area contributed by atoms with Crippen LogP contribution in [0.25, 0.3) is 5.57 Å². The Morgan fingerprint density at radius 3 is 1.94 bits per heavy atom. The van der Waals surface area contributed by atoms with E-state index in [9.17, 15) is 8.78 Å². The topological polar surface area (TPSA) is 0 Å². The minimum atomic E-state index is -5.46. The van der Waals surface area contributed by atoms with Crippen LogP contribution in [0.15, 0.2) is 47.4 Å². The van der Waals surface area contributed by atoms with Gasteiger partial charge in [0.05, 0.1) is 0 Å². The summed E-state index contributed by atoms with van der Waals surface area (Å²) in [5.41, 5.74) is -2.60. The second kappa shape index (κ2) is 6.07. The number of allylic oxidation sites excluding steroid dienone is 2. The molecule has 2 aromatic rings. The lowest BCUT2D eigenvalue weighted by atomic mass is 9.39. The van der Waals surface area contributed by atoms with Gasteiger partial charge in [-0.2, -0.15) is 26.3 Å². The first-order valence-corrected chi connectivity index (χ1v) is 12.5. The first-order chi connectivity index (χ1) is 15.6. The smallest absolute Gasteiger partial charge is 0.194 e. The third kappa shape index (κ3) is 2.14. The number of benzene rings is 1. The highest BCUT2D eigenvalue weighted by molar-refractivity contribution is 7.10. The largest absolute Gasteiger partial charge is 0.380 e. The monoisotopic (exact) mass is 480 g/mol. The van der Waals surface area contributed by atoms with Crippen LogP contribution in [-0.2, 0) is 5.41 Å². The van der Waals surface area contributed by atoms with Gasteiger partial charge < -0.3 is 0 Å². The Kier molecular flexibility index (Phi) is 3.79. The van der Waals surface area contributed by atoms with Crippen LogP contribution < -0.4 is 0 Å². The van der Waals surface area contributed by atoms with Crippen LogP contribution in [0.1, 0.15) is 54.0 Å². The maximum atomic E-state index is 15.6. The standard InChI is InChI=1S/C26H22F6S/c27-24(28)20-18-6-7-33-22(18)23(16-9-13-8-14(11-16)12-17(23)10-13)19(15-4-2-1-3-5-15)21(20)25(29,30)26(24,31)32/h1-7,13-14,16-17,19H,8-12H2. The average molecular weight is 481 g/mol. The van der Waals surface area contributed by atoms with Crippen molar-refractivity contribution >= 4 is 16.9 Å². The van der Waals surface area contributed by atoms with Crippen molar-refractivity contribution in [1.29, 1.82) is 0 Å². The molecule has 0 saturated heterocycles. The predicted molar refractivity (Wildman–Crippen MR) is 114 cm³/mol. The lowest BCUT2D eigenvalue weighted by molar-refractivity contribution is -0.261. The van der Waals surface area contributed by atoms with E-state index in [-0.39, 0.29) is 17.4 Å². The van der Waals surface area contributed by atoms with E-state index in [4.69, 9.17) is 0 Å². The van der Waals surface area contributed by atoms with Crippen molar-refractivity contribution in [3.63, 3.8) is 0 Å². The van der Waals surface area contributed by atoms with Gasteiger partial charge >= 0.3 is 17.8 Å². The Balaban J connectivity index is 1.60. The fourth-order valence-electron chi connectivity index (χ4n) is 8.59. The maximum Gasteiger partial charge on any atom is 0.380 e. The first-order valence-electron chi connectivity index (χ1n) is 11.6. The highest BCUT2D eigenvalue weighted by Gasteiger charge is 2.83. The molecule has 8 rings (SSSR count). The van der Waals surface area contributed by atoms with E-state index < -0.39 is 40.2 Å². The van der Waals surface area contributed by atoms with Crippen molar-refractivity contribution in [2.24, 2.45) is 23.7 Å². The van der Waals surface area contributed by atoms with Crippen LogP contribution in [0.4, 0.5) is 26.3 Å². The van der Waals surface area contributed by atoms with Crippen molar-refractivity contribution in [2.45, 2.75) is 61.2 Å². The van der Waals surface area contributed by atoms with E-state index in [0.29, 0.717) is 22.3 Å². The molecule has 0 nitrogen and oxygen atoms in total. The molecule has 174 valence electrons. The molecule has 0 N–H and O–H groups in total. The molecular formula is C26H22F6S. The van der Waals surface area contributed by atoms with Crippen LogP contribution in [0.3, 0.4) is 0 Å². The molecular weight excluding hydrogens is 458 g/mol. The molecule has 7 heteroatoms. The summed E-state index contributed by atoms with van der Waals surface area (Å²) in [5.74, 6) is -15.4. The molecule has 6 aliphatic carbocycles. The summed E-state index contributed by atoms with van der Waals surface area (Å²) in [4.78, 5) is 0.636. The van der Waals surface area contributed by atoms with Gasteiger partial charge in [-0.15, -0.1) is 11.3 Å². The SMILES string of the molecule is FC1(F)C2=C(C(c3ccccc3)C3(c4sccc42)C2CC4CC(C2)CC3C4)C(F)(F)C1(F)F. The Morgan fingerprint density at radius 1 is 0.727 bits per heavy atom. The summed E-state index contributed by atoms with van der Waals surface area (Å²) in [6, 6.07) is 9.81. The number of thiophene rings is 1. The first kappa shape index (κ1) is 20.6. The van der Waals surface area contributed by atoms with Crippen molar-refractivity contribution in [3.8, 4) is 0 Å². The number of alkyl halides is 6. The van der Waals surface area contributed by atoms with Crippen LogP contribution in [0.5, 0.6) is 0 Å². The van der Waals surface area contributed by atoms with Gasteiger partial charge in [0, 0.05) is 27.4 Å². The molecule has 0 radical (unpaired) electrons. The Labute approximate surface area is 191 Å². The molecule has 1 unspecified atom stereocenters. The van der Waals surface area contributed by atoms with Gasteiger partial charge in [-0.1, -0.05) is 30.3 Å². The zero-order valence-electron chi connectivity index (χ0n) is 17.6. The Hall–Kier alpha value is -1.76. The van der Waals surface area contributed by atoms with E-state index in [1.807, 2.05) is 0 Å². The zero-order chi connectivity index (χ0) is 23.0. The van der Waals surface area contributed by atoms with Crippen molar-refractivity contribution in [2.75, 3.05) is 0 Å². The molecule has 1 aromatic carbocycles. The van der Waals surface area contributed by atoms with Gasteiger partial charge in [0.15, 0.2) is 0 Å². The van der Waals surface area contributed by atoms with E-state index in [1.165, 1.54) is 17.4 Å². The molecule has 1 spiro atoms. The Morgan fingerprint density at radius 2 is 1.33 bits per heavy atom. The maximum absolute atomic E-state index is 15.6. The van der Waals surface area contributed by atoms with E-state index in [1.54, 1.807) is 35.7 Å². The van der Waals surface area contributed by atoms with Crippen LogP contribution >= 0.6 is 11.3 Å². The number of halogens is 6.